The number of rotatable bonds is 6. The van der Waals surface area contributed by atoms with E-state index in [9.17, 15) is 9.59 Å². The summed E-state index contributed by atoms with van der Waals surface area (Å²) < 4.78 is 0.868. The van der Waals surface area contributed by atoms with Crippen LogP contribution in [0.2, 0.25) is 0 Å². The third-order valence-corrected chi connectivity index (χ3v) is 3.61. The van der Waals surface area contributed by atoms with Gasteiger partial charge in [0.05, 0.1) is 0 Å². The number of anilines is 1. The number of carbonyl (C=O) groups excluding carboxylic acids is 2. The molecule has 1 aromatic heterocycles. The van der Waals surface area contributed by atoms with Crippen LogP contribution >= 0.6 is 15.9 Å². The largest absolute Gasteiger partial charge is 0.351 e. The molecule has 0 fully saturated rings. The Kier molecular flexibility index (Phi) is 6.29. The van der Waals surface area contributed by atoms with Gasteiger partial charge in [-0.25, -0.2) is 4.98 Å². The number of unbranched alkanes of at least 4 members (excludes halogenated alkanes) is 1. The topological polar surface area (TPSA) is 71.1 Å². The van der Waals surface area contributed by atoms with E-state index in [4.69, 9.17) is 0 Å². The predicted octanol–water partition coefficient (Wildman–Crippen LogP) is 3.63. The molecule has 2 aromatic rings. The van der Waals surface area contributed by atoms with Crippen molar-refractivity contribution in [3.8, 4) is 0 Å². The molecule has 0 aliphatic rings. The summed E-state index contributed by atoms with van der Waals surface area (Å²) in [5, 5.41) is 5.54. The second kappa shape index (κ2) is 8.43. The first-order valence-electron chi connectivity index (χ1n) is 7.42. The molecule has 0 saturated heterocycles. The Morgan fingerprint density at radius 3 is 2.48 bits per heavy atom. The highest BCUT2D eigenvalue weighted by Crippen LogP contribution is 2.16. The molecule has 0 spiro atoms. The molecule has 1 heterocycles. The lowest BCUT2D eigenvalue weighted by molar-refractivity contribution is 0.0948. The zero-order valence-corrected chi connectivity index (χ0v) is 14.4. The van der Waals surface area contributed by atoms with Crippen LogP contribution in [0.4, 0.5) is 5.69 Å². The molecule has 0 bridgehead atoms. The summed E-state index contributed by atoms with van der Waals surface area (Å²) >= 11 is 3.35. The molecular formula is C17H18BrN3O2. The van der Waals surface area contributed by atoms with Gasteiger partial charge < -0.3 is 10.6 Å². The number of halogens is 1. The quantitative estimate of drug-likeness (QED) is 0.757. The summed E-state index contributed by atoms with van der Waals surface area (Å²) in [6.07, 6.45) is 1.91. The lowest BCUT2D eigenvalue weighted by Crippen LogP contribution is -2.26. The van der Waals surface area contributed by atoms with Gasteiger partial charge in [0.2, 0.25) is 0 Å². The van der Waals surface area contributed by atoms with Gasteiger partial charge in [0.25, 0.3) is 11.8 Å². The summed E-state index contributed by atoms with van der Waals surface area (Å²) in [6, 6.07) is 12.1. The normalized spacial score (nSPS) is 10.2. The van der Waals surface area contributed by atoms with Gasteiger partial charge in [-0.05, 0) is 36.8 Å². The van der Waals surface area contributed by atoms with Crippen LogP contribution in [0, 0.1) is 0 Å². The fourth-order valence-electron chi connectivity index (χ4n) is 1.92. The van der Waals surface area contributed by atoms with E-state index in [-0.39, 0.29) is 23.2 Å². The number of pyridine rings is 1. The highest BCUT2D eigenvalue weighted by molar-refractivity contribution is 9.10. The molecule has 0 radical (unpaired) electrons. The minimum atomic E-state index is -0.355. The van der Waals surface area contributed by atoms with Crippen molar-refractivity contribution in [2.75, 3.05) is 11.9 Å². The van der Waals surface area contributed by atoms with Crippen molar-refractivity contribution in [3.63, 3.8) is 0 Å². The zero-order valence-electron chi connectivity index (χ0n) is 12.8. The second-order valence-corrected chi connectivity index (χ2v) is 5.90. The van der Waals surface area contributed by atoms with Crippen LogP contribution in [0.25, 0.3) is 0 Å². The first-order chi connectivity index (χ1) is 11.1. The van der Waals surface area contributed by atoms with Crippen molar-refractivity contribution in [2.45, 2.75) is 19.8 Å². The zero-order chi connectivity index (χ0) is 16.7. The Labute approximate surface area is 143 Å². The Hall–Kier alpha value is -2.21. The minimum Gasteiger partial charge on any atom is -0.351 e. The number of nitrogens with zero attached hydrogens (tertiary/aromatic N) is 1. The van der Waals surface area contributed by atoms with Gasteiger partial charge in [-0.15, -0.1) is 0 Å². The number of aromatic nitrogens is 1. The van der Waals surface area contributed by atoms with Crippen molar-refractivity contribution in [1.82, 2.24) is 10.3 Å². The second-order valence-electron chi connectivity index (χ2n) is 4.98. The molecule has 0 saturated carbocycles. The molecule has 2 amide bonds. The van der Waals surface area contributed by atoms with Crippen molar-refractivity contribution in [3.05, 3.63) is 58.3 Å². The molecular weight excluding hydrogens is 358 g/mol. The molecule has 0 unspecified atom stereocenters. The van der Waals surface area contributed by atoms with E-state index in [2.05, 4.69) is 38.5 Å². The molecule has 23 heavy (non-hydrogen) atoms. The van der Waals surface area contributed by atoms with Crippen LogP contribution in [0.5, 0.6) is 0 Å². The predicted molar refractivity (Wildman–Crippen MR) is 93.6 cm³/mol. The van der Waals surface area contributed by atoms with Crippen molar-refractivity contribution in [1.29, 1.82) is 0 Å². The van der Waals surface area contributed by atoms with Crippen LogP contribution in [0.1, 0.15) is 40.7 Å². The summed E-state index contributed by atoms with van der Waals surface area (Å²) in [4.78, 5) is 28.4. The third-order valence-electron chi connectivity index (χ3n) is 3.11. The number of benzene rings is 1. The first-order valence-corrected chi connectivity index (χ1v) is 8.21. The van der Waals surface area contributed by atoms with E-state index in [0.717, 1.165) is 17.3 Å². The molecule has 1 aromatic carbocycles. The number of hydrogen-bond donors (Lipinski definition) is 2. The maximum absolute atomic E-state index is 12.2. The summed E-state index contributed by atoms with van der Waals surface area (Å²) in [5.74, 6) is -0.623. The van der Waals surface area contributed by atoms with Gasteiger partial charge in [0, 0.05) is 16.7 Å². The lowest BCUT2D eigenvalue weighted by atomic mass is 10.2. The summed E-state index contributed by atoms with van der Waals surface area (Å²) in [6.45, 7) is 2.66. The molecule has 5 nitrogen and oxygen atoms in total. The average molecular weight is 376 g/mol. The van der Waals surface area contributed by atoms with E-state index in [1.54, 1.807) is 30.3 Å². The molecule has 0 aliphatic heterocycles. The SMILES string of the molecule is CCCCNC(=O)c1cccc(C(=O)Nc2cccc(Br)c2)n1. The summed E-state index contributed by atoms with van der Waals surface area (Å²) in [5.41, 5.74) is 1.10. The van der Waals surface area contributed by atoms with Crippen LogP contribution in [0.15, 0.2) is 46.9 Å². The molecule has 120 valence electrons. The van der Waals surface area contributed by atoms with Crippen LogP contribution in [-0.2, 0) is 0 Å². The number of nitrogens with one attached hydrogen (secondary N) is 2. The van der Waals surface area contributed by atoms with Crippen LogP contribution in [-0.4, -0.2) is 23.3 Å². The Bertz CT molecular complexity index is 704. The Morgan fingerprint density at radius 2 is 1.78 bits per heavy atom. The Balaban J connectivity index is 2.06. The molecule has 0 aliphatic carbocycles. The van der Waals surface area contributed by atoms with Gasteiger partial charge in [-0.2, -0.15) is 0 Å². The molecule has 2 rings (SSSR count). The van der Waals surface area contributed by atoms with Crippen molar-refractivity contribution < 1.29 is 9.59 Å². The monoisotopic (exact) mass is 375 g/mol. The third kappa shape index (κ3) is 5.17. The maximum atomic E-state index is 12.2. The van der Waals surface area contributed by atoms with E-state index in [1.807, 2.05) is 12.1 Å². The average Bonchev–Trinajstić information content (AvgIpc) is 2.55. The maximum Gasteiger partial charge on any atom is 0.274 e. The molecule has 2 N–H and O–H groups in total. The fraction of sp³-hybridized carbons (Fsp3) is 0.235. The highest BCUT2D eigenvalue weighted by Gasteiger charge is 2.12. The Morgan fingerprint density at radius 1 is 1.09 bits per heavy atom. The van der Waals surface area contributed by atoms with Gasteiger partial charge in [0.1, 0.15) is 11.4 Å². The van der Waals surface area contributed by atoms with Crippen molar-refractivity contribution in [2.24, 2.45) is 0 Å². The van der Waals surface area contributed by atoms with Gasteiger partial charge in [-0.3, -0.25) is 9.59 Å². The van der Waals surface area contributed by atoms with Crippen molar-refractivity contribution >= 4 is 33.4 Å². The molecule has 6 heteroatoms. The fourth-order valence-corrected chi connectivity index (χ4v) is 2.32. The number of amides is 2. The van der Waals surface area contributed by atoms with Crippen LogP contribution in [0.3, 0.4) is 0 Å². The first kappa shape index (κ1) is 17.1. The summed E-state index contributed by atoms with van der Waals surface area (Å²) in [7, 11) is 0. The van der Waals surface area contributed by atoms with Gasteiger partial charge in [0.15, 0.2) is 0 Å². The highest BCUT2D eigenvalue weighted by atomic mass is 79.9. The van der Waals surface area contributed by atoms with E-state index >= 15 is 0 Å². The number of carbonyl (C=O) groups is 2. The van der Waals surface area contributed by atoms with Crippen LogP contribution < -0.4 is 10.6 Å². The van der Waals surface area contributed by atoms with E-state index in [0.29, 0.717) is 12.2 Å². The molecule has 0 atom stereocenters. The van der Waals surface area contributed by atoms with E-state index in [1.165, 1.54) is 0 Å². The van der Waals surface area contributed by atoms with Gasteiger partial charge >= 0.3 is 0 Å². The van der Waals surface area contributed by atoms with E-state index < -0.39 is 0 Å². The smallest absolute Gasteiger partial charge is 0.274 e. The lowest BCUT2D eigenvalue weighted by Gasteiger charge is -2.07. The minimum absolute atomic E-state index is 0.202. The van der Waals surface area contributed by atoms with Gasteiger partial charge in [-0.1, -0.05) is 41.4 Å². The standard InChI is InChI=1S/C17H18BrN3O2/c1-2-3-10-19-16(22)14-8-5-9-15(21-14)17(23)20-13-7-4-6-12(18)11-13/h4-9,11H,2-3,10H2,1H3,(H,19,22)(H,20,23). The number of hydrogen-bond acceptors (Lipinski definition) is 3.